The third-order valence-corrected chi connectivity index (χ3v) is 2.30. The van der Waals surface area contributed by atoms with Gasteiger partial charge < -0.3 is 14.6 Å². The van der Waals surface area contributed by atoms with E-state index in [0.29, 0.717) is 0 Å². The van der Waals surface area contributed by atoms with E-state index in [4.69, 9.17) is 14.6 Å². The Bertz CT molecular complexity index is 279. The largest absolute Gasteiger partial charge is 0.381 e. The Kier molecular flexibility index (Phi) is 5.54. The summed E-state index contributed by atoms with van der Waals surface area (Å²) in [6.07, 6.45) is 1.95. The number of rotatable bonds is 3. The summed E-state index contributed by atoms with van der Waals surface area (Å²) in [7, 11) is 0. The molecule has 1 aliphatic heterocycles. The highest BCUT2D eigenvalue weighted by Gasteiger charge is 2.18. The fourth-order valence-electron chi connectivity index (χ4n) is 1.44. The predicted molar refractivity (Wildman–Crippen MR) is 62.7 cm³/mol. The molecule has 1 saturated heterocycles. The van der Waals surface area contributed by atoms with Crippen LogP contribution >= 0.6 is 0 Å². The molecule has 1 fully saturated rings. The maximum absolute atomic E-state index is 9.10. The molecule has 1 heterocycles. The topological polar surface area (TPSA) is 38.7 Å². The van der Waals surface area contributed by atoms with Crippen molar-refractivity contribution in [2.45, 2.75) is 51.6 Å². The summed E-state index contributed by atoms with van der Waals surface area (Å²) < 4.78 is 11.2. The zero-order valence-corrected chi connectivity index (χ0v) is 10.0. The quantitative estimate of drug-likeness (QED) is 0.587. The van der Waals surface area contributed by atoms with Crippen molar-refractivity contribution in [1.82, 2.24) is 0 Å². The van der Waals surface area contributed by atoms with E-state index in [9.17, 15) is 0 Å². The minimum atomic E-state index is -0.641. The first-order valence-electron chi connectivity index (χ1n) is 5.71. The molecule has 1 aliphatic rings. The summed E-state index contributed by atoms with van der Waals surface area (Å²) in [5.74, 6) is 5.54. The van der Waals surface area contributed by atoms with Gasteiger partial charge in [0.05, 0.1) is 0 Å². The molecule has 3 nitrogen and oxygen atoms in total. The molecule has 16 heavy (non-hydrogen) atoms. The van der Waals surface area contributed by atoms with Crippen LogP contribution < -0.4 is 0 Å². The van der Waals surface area contributed by atoms with Crippen LogP contribution in [-0.2, 0) is 9.47 Å². The number of aliphatic hydroxyl groups is 1. The van der Waals surface area contributed by atoms with Gasteiger partial charge in [0.15, 0.2) is 6.29 Å². The summed E-state index contributed by atoms with van der Waals surface area (Å²) in [5, 5.41) is 9.10. The van der Waals surface area contributed by atoms with Crippen LogP contribution in [0, 0.1) is 11.8 Å². The van der Waals surface area contributed by atoms with Gasteiger partial charge >= 0.3 is 0 Å². The highest BCUT2D eigenvalue weighted by molar-refractivity contribution is 5.19. The number of aliphatic hydroxyl groups excluding tert-OH is 1. The van der Waals surface area contributed by atoms with Gasteiger partial charge in [0, 0.05) is 6.61 Å². The molecular weight excluding hydrogens is 204 g/mol. The monoisotopic (exact) mass is 224 g/mol. The third kappa shape index (κ3) is 4.80. The molecule has 0 aromatic carbocycles. The second-order valence-electron chi connectivity index (χ2n) is 4.12. The van der Waals surface area contributed by atoms with Crippen molar-refractivity contribution in [2.75, 3.05) is 6.61 Å². The van der Waals surface area contributed by atoms with Crippen LogP contribution in [-0.4, -0.2) is 30.2 Å². The first kappa shape index (κ1) is 13.2. The molecule has 0 saturated carbocycles. The second-order valence-corrected chi connectivity index (χ2v) is 4.12. The van der Waals surface area contributed by atoms with Gasteiger partial charge in [0.25, 0.3) is 0 Å². The predicted octanol–water partition coefficient (Wildman–Crippen LogP) is 1.86. The molecule has 1 N–H and O–H groups in total. The van der Waals surface area contributed by atoms with E-state index in [1.165, 1.54) is 0 Å². The zero-order valence-electron chi connectivity index (χ0n) is 10.0. The standard InChI is InChI=1S/C13H20O3/c1-10(2)12(8-7-11(3)14)16-13-6-4-5-9-15-13/h11-14H,1,4-6,9H2,2-3H3. The van der Waals surface area contributed by atoms with Crippen molar-refractivity contribution in [3.63, 3.8) is 0 Å². The molecule has 0 aromatic rings. The van der Waals surface area contributed by atoms with Gasteiger partial charge in [0.1, 0.15) is 12.2 Å². The van der Waals surface area contributed by atoms with Crippen molar-refractivity contribution >= 4 is 0 Å². The van der Waals surface area contributed by atoms with Crippen LogP contribution in [0.1, 0.15) is 33.1 Å². The lowest BCUT2D eigenvalue weighted by atomic mass is 10.1. The zero-order chi connectivity index (χ0) is 12.0. The Morgan fingerprint density at radius 2 is 2.25 bits per heavy atom. The lowest BCUT2D eigenvalue weighted by molar-refractivity contribution is -0.169. The number of hydrogen-bond acceptors (Lipinski definition) is 3. The minimum absolute atomic E-state index is 0.182. The Morgan fingerprint density at radius 1 is 1.50 bits per heavy atom. The molecule has 0 aliphatic carbocycles. The lowest BCUT2D eigenvalue weighted by Crippen LogP contribution is -2.27. The molecule has 3 heteroatoms. The van der Waals surface area contributed by atoms with Gasteiger partial charge in [-0.05, 0) is 38.7 Å². The van der Waals surface area contributed by atoms with Crippen molar-refractivity contribution in [3.8, 4) is 11.8 Å². The maximum atomic E-state index is 9.10. The van der Waals surface area contributed by atoms with Crippen LogP contribution in [0.3, 0.4) is 0 Å². The van der Waals surface area contributed by atoms with E-state index in [2.05, 4.69) is 18.4 Å². The van der Waals surface area contributed by atoms with Crippen LogP contribution in [0.2, 0.25) is 0 Å². The molecular formula is C13H20O3. The van der Waals surface area contributed by atoms with Gasteiger partial charge in [-0.15, -0.1) is 0 Å². The van der Waals surface area contributed by atoms with Crippen LogP contribution in [0.5, 0.6) is 0 Å². The molecule has 0 aromatic heterocycles. The molecule has 3 unspecified atom stereocenters. The van der Waals surface area contributed by atoms with E-state index >= 15 is 0 Å². The number of hydrogen-bond donors (Lipinski definition) is 1. The SMILES string of the molecule is C=C(C)C(C#CC(C)O)OC1CCCCO1. The summed E-state index contributed by atoms with van der Waals surface area (Å²) in [6.45, 7) is 8.07. The highest BCUT2D eigenvalue weighted by atomic mass is 16.7. The van der Waals surface area contributed by atoms with Gasteiger partial charge in [-0.2, -0.15) is 0 Å². The fraction of sp³-hybridized carbons (Fsp3) is 0.692. The smallest absolute Gasteiger partial charge is 0.159 e. The summed E-state index contributed by atoms with van der Waals surface area (Å²) in [5.41, 5.74) is 0.835. The van der Waals surface area contributed by atoms with Crippen molar-refractivity contribution in [1.29, 1.82) is 0 Å². The minimum Gasteiger partial charge on any atom is -0.381 e. The highest BCUT2D eigenvalue weighted by Crippen LogP contribution is 2.17. The van der Waals surface area contributed by atoms with Crippen LogP contribution in [0.25, 0.3) is 0 Å². The summed E-state index contributed by atoms with van der Waals surface area (Å²) >= 11 is 0. The van der Waals surface area contributed by atoms with E-state index in [1.54, 1.807) is 6.92 Å². The normalized spacial score (nSPS) is 24.1. The van der Waals surface area contributed by atoms with E-state index < -0.39 is 6.10 Å². The van der Waals surface area contributed by atoms with Crippen LogP contribution in [0.4, 0.5) is 0 Å². The van der Waals surface area contributed by atoms with E-state index in [0.717, 1.165) is 31.4 Å². The lowest BCUT2D eigenvalue weighted by Gasteiger charge is -2.25. The van der Waals surface area contributed by atoms with Gasteiger partial charge in [-0.3, -0.25) is 0 Å². The maximum Gasteiger partial charge on any atom is 0.159 e. The van der Waals surface area contributed by atoms with E-state index in [-0.39, 0.29) is 12.4 Å². The molecule has 0 bridgehead atoms. The third-order valence-electron chi connectivity index (χ3n) is 2.30. The van der Waals surface area contributed by atoms with Gasteiger partial charge in [0.2, 0.25) is 0 Å². The van der Waals surface area contributed by atoms with Crippen molar-refractivity contribution in [3.05, 3.63) is 12.2 Å². The molecule has 1 rings (SSSR count). The molecule has 0 amide bonds. The Morgan fingerprint density at radius 3 is 2.75 bits per heavy atom. The van der Waals surface area contributed by atoms with Crippen molar-refractivity contribution < 1.29 is 14.6 Å². The van der Waals surface area contributed by atoms with Gasteiger partial charge in [-0.25, -0.2) is 0 Å². The summed E-state index contributed by atoms with van der Waals surface area (Å²) in [6, 6.07) is 0. The van der Waals surface area contributed by atoms with Gasteiger partial charge in [-0.1, -0.05) is 18.4 Å². The Labute approximate surface area is 97.4 Å². The average molecular weight is 224 g/mol. The molecule has 90 valence electrons. The molecule has 0 radical (unpaired) electrons. The summed E-state index contributed by atoms with van der Waals surface area (Å²) in [4.78, 5) is 0. The molecule has 3 atom stereocenters. The van der Waals surface area contributed by atoms with E-state index in [1.807, 2.05) is 6.92 Å². The number of ether oxygens (including phenoxy) is 2. The first-order chi connectivity index (χ1) is 7.59. The van der Waals surface area contributed by atoms with Crippen LogP contribution in [0.15, 0.2) is 12.2 Å². The average Bonchev–Trinajstić information content (AvgIpc) is 2.25. The fourth-order valence-corrected chi connectivity index (χ4v) is 1.44. The second kappa shape index (κ2) is 6.70. The molecule has 0 spiro atoms. The Hall–Kier alpha value is -0.820. The first-order valence-corrected chi connectivity index (χ1v) is 5.71. The Balaban J connectivity index is 2.51. The van der Waals surface area contributed by atoms with Crippen molar-refractivity contribution in [2.24, 2.45) is 0 Å².